The molecule has 0 atom stereocenters. The largest absolute Gasteiger partial charge is 0.478 e. The highest BCUT2D eigenvalue weighted by atomic mass is 79.9. The molecule has 0 radical (unpaired) electrons. The Morgan fingerprint density at radius 1 is 1.80 bits per heavy atom. The Bertz CT molecular complexity index is 387. The number of carbonyl (C=O) groups is 1. The molecule has 0 aromatic carbocycles. The molecule has 0 amide bonds. The topological polar surface area (TPSA) is 67.2 Å². The first-order valence-electron chi connectivity index (χ1n) is 4.30. The third-order valence-electron chi connectivity index (χ3n) is 1.90. The lowest BCUT2D eigenvalue weighted by Gasteiger charge is -2.05. The Morgan fingerprint density at radius 2 is 2.47 bits per heavy atom. The Kier molecular flexibility index (Phi) is 4.05. The molecular weight excluding hydrogens is 262 g/mol. The van der Waals surface area contributed by atoms with E-state index >= 15 is 0 Å². The Hall–Kier alpha value is -1.14. The number of hydrogen-bond donors (Lipinski definition) is 2. The second-order valence-corrected chi connectivity index (χ2v) is 4.18. The summed E-state index contributed by atoms with van der Waals surface area (Å²) in [5.41, 5.74) is 0.876. The van der Waals surface area contributed by atoms with Crippen molar-refractivity contribution in [2.75, 3.05) is 6.54 Å². The lowest BCUT2D eigenvalue weighted by Crippen LogP contribution is -2.18. The van der Waals surface area contributed by atoms with E-state index in [9.17, 15) is 4.79 Å². The van der Waals surface area contributed by atoms with Crippen LogP contribution >= 0.6 is 15.9 Å². The van der Waals surface area contributed by atoms with Gasteiger partial charge in [-0.3, -0.25) is 4.68 Å². The number of halogens is 1. The molecule has 82 valence electrons. The SMILES string of the molecule is C=C(Br)CNCc1c(C(=O)O)cnn1C. The summed E-state index contributed by atoms with van der Waals surface area (Å²) in [7, 11) is 1.71. The van der Waals surface area contributed by atoms with Gasteiger partial charge in [-0.05, 0) is 0 Å². The maximum atomic E-state index is 10.8. The van der Waals surface area contributed by atoms with Gasteiger partial charge in [0.2, 0.25) is 0 Å². The number of hydrogen-bond acceptors (Lipinski definition) is 3. The fourth-order valence-electron chi connectivity index (χ4n) is 1.17. The predicted molar refractivity (Wildman–Crippen MR) is 59.9 cm³/mol. The molecule has 1 heterocycles. The van der Waals surface area contributed by atoms with Gasteiger partial charge in [0.1, 0.15) is 5.56 Å². The van der Waals surface area contributed by atoms with E-state index in [1.807, 2.05) is 0 Å². The molecule has 0 bridgehead atoms. The van der Waals surface area contributed by atoms with Crippen molar-refractivity contribution in [1.82, 2.24) is 15.1 Å². The van der Waals surface area contributed by atoms with E-state index in [0.29, 0.717) is 18.8 Å². The van der Waals surface area contributed by atoms with E-state index in [-0.39, 0.29) is 5.56 Å². The molecule has 1 rings (SSSR count). The summed E-state index contributed by atoms with van der Waals surface area (Å²) in [6, 6.07) is 0. The molecule has 2 N–H and O–H groups in total. The van der Waals surface area contributed by atoms with E-state index in [1.54, 1.807) is 11.7 Å². The van der Waals surface area contributed by atoms with E-state index in [1.165, 1.54) is 6.20 Å². The second-order valence-electron chi connectivity index (χ2n) is 3.05. The van der Waals surface area contributed by atoms with Crippen molar-refractivity contribution in [1.29, 1.82) is 0 Å². The number of nitrogens with zero attached hydrogens (tertiary/aromatic N) is 2. The molecule has 0 saturated heterocycles. The smallest absolute Gasteiger partial charge is 0.339 e. The molecule has 0 saturated carbocycles. The van der Waals surface area contributed by atoms with Gasteiger partial charge in [0.05, 0.1) is 11.9 Å². The van der Waals surface area contributed by atoms with Crippen LogP contribution in [0.15, 0.2) is 17.3 Å². The van der Waals surface area contributed by atoms with Crippen molar-refractivity contribution < 1.29 is 9.90 Å². The van der Waals surface area contributed by atoms with Crippen LogP contribution in [-0.2, 0) is 13.6 Å². The number of aromatic carboxylic acids is 1. The normalized spacial score (nSPS) is 10.3. The molecule has 15 heavy (non-hydrogen) atoms. The summed E-state index contributed by atoms with van der Waals surface area (Å²) < 4.78 is 2.37. The van der Waals surface area contributed by atoms with E-state index < -0.39 is 5.97 Å². The maximum absolute atomic E-state index is 10.8. The number of rotatable bonds is 5. The highest BCUT2D eigenvalue weighted by Crippen LogP contribution is 2.07. The molecular formula is C9H12BrN3O2. The second kappa shape index (κ2) is 5.09. The van der Waals surface area contributed by atoms with Gasteiger partial charge < -0.3 is 10.4 Å². The lowest BCUT2D eigenvalue weighted by atomic mass is 10.2. The number of nitrogens with one attached hydrogen (secondary N) is 1. The van der Waals surface area contributed by atoms with Crippen LogP contribution < -0.4 is 5.32 Å². The predicted octanol–water partition coefficient (Wildman–Crippen LogP) is 1.12. The van der Waals surface area contributed by atoms with Crippen molar-refractivity contribution in [2.24, 2.45) is 7.05 Å². The Morgan fingerprint density at radius 3 is 3.00 bits per heavy atom. The fourth-order valence-corrected chi connectivity index (χ4v) is 1.37. The summed E-state index contributed by atoms with van der Waals surface area (Å²) >= 11 is 3.21. The van der Waals surface area contributed by atoms with Gasteiger partial charge in [0, 0.05) is 24.6 Å². The van der Waals surface area contributed by atoms with Crippen LogP contribution in [0.25, 0.3) is 0 Å². The van der Waals surface area contributed by atoms with Gasteiger partial charge >= 0.3 is 5.97 Å². The standard InChI is InChI=1S/C9H12BrN3O2/c1-6(10)3-11-5-8-7(9(14)15)4-12-13(8)2/h4,11H,1,3,5H2,2H3,(H,14,15). The van der Waals surface area contributed by atoms with Crippen molar-refractivity contribution in [2.45, 2.75) is 6.54 Å². The van der Waals surface area contributed by atoms with Crippen LogP contribution in [0.2, 0.25) is 0 Å². The maximum Gasteiger partial charge on any atom is 0.339 e. The molecule has 5 nitrogen and oxygen atoms in total. The minimum absolute atomic E-state index is 0.227. The Balaban J connectivity index is 2.70. The summed E-state index contributed by atoms with van der Waals surface area (Å²) in [6.45, 7) is 4.70. The van der Waals surface area contributed by atoms with E-state index in [0.717, 1.165) is 4.48 Å². The van der Waals surface area contributed by atoms with Gasteiger partial charge in [-0.15, -0.1) is 0 Å². The summed E-state index contributed by atoms with van der Waals surface area (Å²) in [5, 5.41) is 15.8. The zero-order chi connectivity index (χ0) is 11.4. The highest BCUT2D eigenvalue weighted by Gasteiger charge is 2.13. The number of aromatic nitrogens is 2. The average molecular weight is 274 g/mol. The number of aryl methyl sites for hydroxylation is 1. The van der Waals surface area contributed by atoms with E-state index in [2.05, 4.69) is 32.9 Å². The first-order valence-corrected chi connectivity index (χ1v) is 5.10. The van der Waals surface area contributed by atoms with Crippen molar-refractivity contribution >= 4 is 21.9 Å². The van der Waals surface area contributed by atoms with E-state index in [4.69, 9.17) is 5.11 Å². The van der Waals surface area contributed by atoms with Crippen LogP contribution in [-0.4, -0.2) is 27.4 Å². The fraction of sp³-hybridized carbons (Fsp3) is 0.333. The van der Waals surface area contributed by atoms with Gasteiger partial charge in [0.15, 0.2) is 0 Å². The van der Waals surface area contributed by atoms with Crippen LogP contribution in [0, 0.1) is 0 Å². The molecule has 0 unspecified atom stereocenters. The van der Waals surface area contributed by atoms with Gasteiger partial charge in [-0.1, -0.05) is 22.5 Å². The molecule has 0 aliphatic heterocycles. The monoisotopic (exact) mass is 273 g/mol. The Labute approximate surface area is 95.9 Å². The minimum atomic E-state index is -0.961. The molecule has 0 spiro atoms. The first-order chi connectivity index (χ1) is 7.02. The molecule has 0 aliphatic carbocycles. The van der Waals surface area contributed by atoms with Crippen LogP contribution in [0.4, 0.5) is 0 Å². The summed E-state index contributed by atoms with van der Waals surface area (Å²) in [6.07, 6.45) is 1.35. The minimum Gasteiger partial charge on any atom is -0.478 e. The number of carboxylic acid groups (broad SMARTS) is 1. The van der Waals surface area contributed by atoms with Crippen molar-refractivity contribution in [3.63, 3.8) is 0 Å². The molecule has 1 aromatic rings. The zero-order valence-electron chi connectivity index (χ0n) is 8.33. The molecule has 1 aromatic heterocycles. The molecule has 0 fully saturated rings. The average Bonchev–Trinajstić information content (AvgIpc) is 2.47. The van der Waals surface area contributed by atoms with Crippen molar-refractivity contribution in [3.8, 4) is 0 Å². The van der Waals surface area contributed by atoms with Gasteiger partial charge in [0.25, 0.3) is 0 Å². The van der Waals surface area contributed by atoms with Crippen LogP contribution in [0.1, 0.15) is 16.1 Å². The van der Waals surface area contributed by atoms with Gasteiger partial charge in [-0.2, -0.15) is 5.10 Å². The van der Waals surface area contributed by atoms with Crippen LogP contribution in [0.3, 0.4) is 0 Å². The first kappa shape index (κ1) is 11.9. The quantitative estimate of drug-likeness (QED) is 0.844. The highest BCUT2D eigenvalue weighted by molar-refractivity contribution is 9.11. The lowest BCUT2D eigenvalue weighted by molar-refractivity contribution is 0.0695. The summed E-state index contributed by atoms with van der Waals surface area (Å²) in [5.74, 6) is -0.961. The molecule has 6 heteroatoms. The third kappa shape index (κ3) is 3.17. The summed E-state index contributed by atoms with van der Waals surface area (Å²) in [4.78, 5) is 10.8. The molecule has 0 aliphatic rings. The number of carboxylic acids is 1. The van der Waals surface area contributed by atoms with Gasteiger partial charge in [-0.25, -0.2) is 4.79 Å². The van der Waals surface area contributed by atoms with Crippen molar-refractivity contribution in [3.05, 3.63) is 28.5 Å². The zero-order valence-corrected chi connectivity index (χ0v) is 9.91. The van der Waals surface area contributed by atoms with Crippen LogP contribution in [0.5, 0.6) is 0 Å². The third-order valence-corrected chi connectivity index (χ3v) is 2.18.